The van der Waals surface area contributed by atoms with Crippen LogP contribution in [0.1, 0.15) is 22.8 Å². The summed E-state index contributed by atoms with van der Waals surface area (Å²) in [5.74, 6) is -0.529. The molecule has 7 heteroatoms. The van der Waals surface area contributed by atoms with E-state index in [1.807, 2.05) is 22.6 Å². The number of halogens is 3. The first-order chi connectivity index (χ1) is 10.8. The van der Waals surface area contributed by atoms with Crippen LogP contribution in [0.4, 0.5) is 15.9 Å². The molecule has 0 bridgehead atoms. The summed E-state index contributed by atoms with van der Waals surface area (Å²) >= 11 is 8.27. The van der Waals surface area contributed by atoms with Gasteiger partial charge in [-0.1, -0.05) is 0 Å². The summed E-state index contributed by atoms with van der Waals surface area (Å²) in [5.41, 5.74) is 1.28. The molecule has 1 aromatic carbocycles. The number of aryl methyl sites for hydroxylation is 1. The number of carbonyl (C=O) groups is 1. The van der Waals surface area contributed by atoms with E-state index in [2.05, 4.69) is 5.32 Å². The zero-order chi connectivity index (χ0) is 17.1. The Labute approximate surface area is 152 Å². The fraction of sp³-hybridized carbons (Fsp3) is 0.250. The second kappa shape index (κ2) is 7.44. The van der Waals surface area contributed by atoms with Crippen molar-refractivity contribution < 1.29 is 18.5 Å². The number of nitrogens with zero attached hydrogens (tertiary/aromatic N) is 1. The molecule has 0 unspecified atom stereocenters. The number of hydrogen-bond donors (Lipinski definition) is 1. The quantitative estimate of drug-likeness (QED) is 0.330. The average Bonchev–Trinajstić information content (AvgIpc) is 2.50. The number of aromatic nitrogens is 1. The maximum absolute atomic E-state index is 14.1. The van der Waals surface area contributed by atoms with Gasteiger partial charge < -0.3 is 4.74 Å². The lowest BCUT2D eigenvalue weighted by molar-refractivity contribution is -0.655. The zero-order valence-corrected chi connectivity index (χ0v) is 15.8. The number of rotatable bonds is 4. The normalized spacial score (nSPS) is 10.5. The molecule has 0 atom stereocenters. The minimum absolute atomic E-state index is 0.252. The van der Waals surface area contributed by atoms with Gasteiger partial charge in [-0.2, -0.15) is 0 Å². The molecule has 0 aliphatic carbocycles. The van der Waals surface area contributed by atoms with Crippen LogP contribution in [0.5, 0.6) is 0 Å². The van der Waals surface area contributed by atoms with E-state index in [1.165, 1.54) is 6.07 Å². The van der Waals surface area contributed by atoms with Crippen LogP contribution in [-0.4, -0.2) is 12.6 Å². The molecule has 0 radical (unpaired) electrons. The molecule has 1 aromatic heterocycles. The Bertz CT molecular complexity index is 768. The van der Waals surface area contributed by atoms with Crippen molar-refractivity contribution in [2.24, 2.45) is 7.05 Å². The molecule has 1 heterocycles. The highest BCUT2D eigenvalue weighted by atomic mass is 127. The van der Waals surface area contributed by atoms with Crippen molar-refractivity contribution in [3.05, 3.63) is 49.9 Å². The summed E-state index contributed by atoms with van der Waals surface area (Å²) in [6.45, 7) is 3.77. The van der Waals surface area contributed by atoms with Crippen molar-refractivity contribution in [2.75, 3.05) is 11.9 Å². The van der Waals surface area contributed by atoms with Gasteiger partial charge in [0.15, 0.2) is 16.7 Å². The maximum atomic E-state index is 14.1. The fourth-order valence-corrected chi connectivity index (χ4v) is 2.71. The second-order valence-electron chi connectivity index (χ2n) is 4.91. The second-order valence-corrected chi connectivity index (χ2v) is 6.51. The summed E-state index contributed by atoms with van der Waals surface area (Å²) in [7, 11) is 1.70. The highest BCUT2D eigenvalue weighted by Crippen LogP contribution is 2.25. The molecule has 0 saturated heterocycles. The molecule has 0 aliphatic rings. The molecule has 1 N–H and O–H groups in total. The summed E-state index contributed by atoms with van der Waals surface area (Å²) in [5, 5.41) is 3.39. The number of carbonyl (C=O) groups excluding carboxylic acids is 1. The van der Waals surface area contributed by atoms with Gasteiger partial charge in [0.2, 0.25) is 0 Å². The van der Waals surface area contributed by atoms with Gasteiger partial charge in [-0.3, -0.25) is 0 Å². The number of ether oxygens (including phenoxy) is 1. The molecule has 23 heavy (non-hydrogen) atoms. The first-order valence-electron chi connectivity index (χ1n) is 6.93. The molecular formula is C16H16ClFIN2O2+. The summed E-state index contributed by atoms with van der Waals surface area (Å²) in [4.78, 5) is 12.2. The van der Waals surface area contributed by atoms with Gasteiger partial charge in [-0.15, -0.1) is 0 Å². The maximum Gasteiger partial charge on any atom is 0.346 e. The lowest BCUT2D eigenvalue weighted by atomic mass is 10.2. The van der Waals surface area contributed by atoms with Crippen molar-refractivity contribution >= 4 is 51.7 Å². The third-order valence-electron chi connectivity index (χ3n) is 3.25. The summed E-state index contributed by atoms with van der Waals surface area (Å²) in [6, 6.07) is 6.42. The van der Waals surface area contributed by atoms with Gasteiger partial charge >= 0.3 is 5.97 Å². The Kier molecular flexibility index (Phi) is 5.80. The van der Waals surface area contributed by atoms with Crippen LogP contribution in [0.2, 0.25) is 5.15 Å². The van der Waals surface area contributed by atoms with Crippen LogP contribution < -0.4 is 9.88 Å². The number of anilines is 2. The zero-order valence-electron chi connectivity index (χ0n) is 12.9. The SMILES string of the molecule is CCOC(=O)c1cc(C)c(Cl)[n+](C)c1Nc1ccc(I)cc1F. The van der Waals surface area contributed by atoms with E-state index in [4.69, 9.17) is 16.3 Å². The van der Waals surface area contributed by atoms with Crippen molar-refractivity contribution in [2.45, 2.75) is 13.8 Å². The topological polar surface area (TPSA) is 42.2 Å². The number of benzene rings is 1. The predicted octanol–water partition coefficient (Wildman–Crippen LogP) is 4.14. The van der Waals surface area contributed by atoms with E-state index in [-0.39, 0.29) is 12.3 Å². The van der Waals surface area contributed by atoms with Crippen LogP contribution in [0.15, 0.2) is 24.3 Å². The van der Waals surface area contributed by atoms with Gasteiger partial charge in [0.25, 0.3) is 5.82 Å². The minimum Gasteiger partial charge on any atom is -0.462 e. The third-order valence-corrected chi connectivity index (χ3v) is 4.47. The highest BCUT2D eigenvalue weighted by molar-refractivity contribution is 14.1. The summed E-state index contributed by atoms with van der Waals surface area (Å²) in [6.07, 6.45) is 0. The lowest BCUT2D eigenvalue weighted by Crippen LogP contribution is -2.36. The smallest absolute Gasteiger partial charge is 0.346 e. The largest absolute Gasteiger partial charge is 0.462 e. The molecule has 0 fully saturated rings. The van der Waals surface area contributed by atoms with Crippen molar-refractivity contribution in [1.82, 2.24) is 0 Å². The van der Waals surface area contributed by atoms with Gasteiger partial charge in [0.05, 0.1) is 13.7 Å². The average molecular weight is 450 g/mol. The Morgan fingerprint density at radius 2 is 2.13 bits per heavy atom. The molecule has 0 saturated carbocycles. The van der Waals surface area contributed by atoms with Crippen molar-refractivity contribution in [3.8, 4) is 0 Å². The van der Waals surface area contributed by atoms with E-state index in [0.717, 1.165) is 9.13 Å². The number of esters is 1. The lowest BCUT2D eigenvalue weighted by Gasteiger charge is -2.12. The van der Waals surface area contributed by atoms with E-state index in [9.17, 15) is 9.18 Å². The molecule has 2 rings (SSSR count). The molecule has 0 aliphatic heterocycles. The monoisotopic (exact) mass is 449 g/mol. The van der Waals surface area contributed by atoms with E-state index < -0.39 is 11.8 Å². The number of hydrogen-bond acceptors (Lipinski definition) is 3. The van der Waals surface area contributed by atoms with Crippen LogP contribution in [-0.2, 0) is 11.8 Å². The highest BCUT2D eigenvalue weighted by Gasteiger charge is 2.26. The molecule has 4 nitrogen and oxygen atoms in total. The molecule has 122 valence electrons. The Morgan fingerprint density at radius 3 is 2.74 bits per heavy atom. The van der Waals surface area contributed by atoms with E-state index >= 15 is 0 Å². The third kappa shape index (κ3) is 3.92. The van der Waals surface area contributed by atoms with Crippen LogP contribution in [0.25, 0.3) is 0 Å². The van der Waals surface area contributed by atoms with Gasteiger partial charge in [0, 0.05) is 9.13 Å². The van der Waals surface area contributed by atoms with Gasteiger partial charge in [-0.25, -0.2) is 19.1 Å². The number of pyridine rings is 1. The first kappa shape index (κ1) is 17.9. The molecule has 0 spiro atoms. The van der Waals surface area contributed by atoms with Gasteiger partial charge in [-0.05, 0) is 72.3 Å². The van der Waals surface area contributed by atoms with Crippen LogP contribution >= 0.6 is 34.2 Å². The number of nitrogens with one attached hydrogen (secondary N) is 1. The molecular weight excluding hydrogens is 434 g/mol. The minimum atomic E-state index is -0.490. The molecule has 2 aromatic rings. The van der Waals surface area contributed by atoms with Gasteiger partial charge in [0.1, 0.15) is 5.56 Å². The Hall–Kier alpha value is -1.41. The van der Waals surface area contributed by atoms with Crippen molar-refractivity contribution in [1.29, 1.82) is 0 Å². The van der Waals surface area contributed by atoms with Crippen LogP contribution in [0, 0.1) is 16.3 Å². The van der Waals surface area contributed by atoms with E-state index in [1.54, 1.807) is 43.7 Å². The standard InChI is InChI=1S/C16H15ClFIN2O2/c1-4-23-16(22)11-7-9(2)14(17)21(3)15(11)20-13-6-5-10(19)8-12(13)18/h5-8H,4H2,1-3H3/p+1. The van der Waals surface area contributed by atoms with Crippen molar-refractivity contribution in [3.63, 3.8) is 0 Å². The summed E-state index contributed by atoms with van der Waals surface area (Å²) < 4.78 is 21.6. The molecule has 0 amide bonds. The van der Waals surface area contributed by atoms with E-state index in [0.29, 0.717) is 16.5 Å². The first-order valence-corrected chi connectivity index (χ1v) is 8.39. The Morgan fingerprint density at radius 1 is 1.43 bits per heavy atom. The Balaban J connectivity index is 2.55. The van der Waals surface area contributed by atoms with Crippen LogP contribution in [0.3, 0.4) is 0 Å². The predicted molar refractivity (Wildman–Crippen MR) is 95.7 cm³/mol. The fourth-order valence-electron chi connectivity index (χ4n) is 2.12.